The van der Waals surface area contributed by atoms with Gasteiger partial charge in [0.05, 0.1) is 21.2 Å². The van der Waals surface area contributed by atoms with Gasteiger partial charge in [-0.3, -0.25) is 4.79 Å². The second-order valence-corrected chi connectivity index (χ2v) is 11.1. The Labute approximate surface area is 220 Å². The molecule has 1 saturated heterocycles. The number of anilines is 1. The van der Waals surface area contributed by atoms with E-state index in [1.54, 1.807) is 62.8 Å². The van der Waals surface area contributed by atoms with Crippen LogP contribution < -0.4 is 4.90 Å². The van der Waals surface area contributed by atoms with Crippen molar-refractivity contribution in [2.75, 3.05) is 45.2 Å². The normalized spacial score (nSPS) is 14.4. The van der Waals surface area contributed by atoms with E-state index in [1.165, 1.54) is 15.3 Å². The highest BCUT2D eigenvalue weighted by molar-refractivity contribution is 7.89. The molecule has 1 aliphatic rings. The lowest BCUT2D eigenvalue weighted by atomic mass is 10.0. The molecule has 2 heterocycles. The van der Waals surface area contributed by atoms with Crippen LogP contribution in [0.25, 0.3) is 11.1 Å². The number of carbonyl (C=O) groups is 1. The number of rotatable bonds is 5. The zero-order valence-electron chi connectivity index (χ0n) is 19.6. The number of pyridine rings is 1. The van der Waals surface area contributed by atoms with Crippen LogP contribution >= 0.6 is 23.2 Å². The van der Waals surface area contributed by atoms with E-state index >= 15 is 0 Å². The fourth-order valence-corrected chi connectivity index (χ4v) is 6.17. The Morgan fingerprint density at radius 2 is 1.69 bits per heavy atom. The molecule has 0 bridgehead atoms. The van der Waals surface area contributed by atoms with Crippen molar-refractivity contribution in [2.24, 2.45) is 0 Å². The minimum absolute atomic E-state index is 0.0808. The second-order valence-electron chi connectivity index (χ2n) is 8.42. The number of carbonyl (C=O) groups excluding carboxylic acids is 1. The third-order valence-electron chi connectivity index (χ3n) is 5.92. The number of hydrogen-bond acceptors (Lipinski definition) is 6. The molecule has 0 saturated carbocycles. The molecule has 11 heteroatoms. The molecule has 1 aliphatic heterocycles. The van der Waals surface area contributed by atoms with Gasteiger partial charge in [0.1, 0.15) is 16.8 Å². The summed E-state index contributed by atoms with van der Waals surface area (Å²) in [5.41, 5.74) is 2.15. The Morgan fingerprint density at radius 1 is 1.00 bits per heavy atom. The number of halogens is 2. The van der Waals surface area contributed by atoms with Crippen molar-refractivity contribution in [3.8, 4) is 17.2 Å². The molecule has 186 valence electrons. The quantitative estimate of drug-likeness (QED) is 0.479. The number of aromatic nitrogens is 1. The van der Waals surface area contributed by atoms with Gasteiger partial charge in [-0.25, -0.2) is 13.4 Å². The standard InChI is InChI=1S/C25H23Cl2N5O3S/c1-30(2)25(33)20-8-7-17(14-22(20)27)19-13-18(15-28)24(29-16-19)31-9-11-32(12-10-31)36(34,35)23-6-4-3-5-21(23)26/h3-8,13-14,16H,9-12H2,1-2H3. The number of piperazine rings is 1. The molecule has 3 aromatic rings. The summed E-state index contributed by atoms with van der Waals surface area (Å²) < 4.78 is 27.4. The minimum Gasteiger partial charge on any atom is -0.353 e. The Balaban J connectivity index is 1.53. The van der Waals surface area contributed by atoms with Crippen LogP contribution in [0.5, 0.6) is 0 Å². The summed E-state index contributed by atoms with van der Waals surface area (Å²) in [6.45, 7) is 1.22. The van der Waals surface area contributed by atoms with Gasteiger partial charge in [-0.05, 0) is 35.9 Å². The van der Waals surface area contributed by atoms with E-state index in [0.717, 1.165) is 5.56 Å². The maximum absolute atomic E-state index is 13.0. The molecular formula is C25H23Cl2N5O3S. The van der Waals surface area contributed by atoms with Crippen molar-refractivity contribution in [3.05, 3.63) is 75.9 Å². The Morgan fingerprint density at radius 3 is 2.31 bits per heavy atom. The fraction of sp³-hybridized carbons (Fsp3) is 0.240. The maximum atomic E-state index is 13.0. The van der Waals surface area contributed by atoms with Crippen LogP contribution in [-0.4, -0.2) is 68.8 Å². The second kappa shape index (κ2) is 10.4. The lowest BCUT2D eigenvalue weighted by Crippen LogP contribution is -2.49. The molecule has 4 rings (SSSR count). The molecule has 0 N–H and O–H groups in total. The molecule has 1 fully saturated rings. The van der Waals surface area contributed by atoms with Crippen LogP contribution in [0.3, 0.4) is 0 Å². The molecule has 0 unspecified atom stereocenters. The summed E-state index contributed by atoms with van der Waals surface area (Å²) in [7, 11) is -0.420. The monoisotopic (exact) mass is 543 g/mol. The smallest absolute Gasteiger partial charge is 0.254 e. The van der Waals surface area contributed by atoms with Crippen molar-refractivity contribution >= 4 is 45.0 Å². The van der Waals surface area contributed by atoms with E-state index in [-0.39, 0.29) is 28.9 Å². The topological polar surface area (TPSA) is 97.6 Å². The molecule has 0 aliphatic carbocycles. The van der Waals surface area contributed by atoms with E-state index in [2.05, 4.69) is 11.1 Å². The first-order chi connectivity index (χ1) is 17.1. The van der Waals surface area contributed by atoms with Gasteiger partial charge in [0.2, 0.25) is 10.0 Å². The Kier molecular flexibility index (Phi) is 7.52. The van der Waals surface area contributed by atoms with Crippen LogP contribution in [0.4, 0.5) is 5.82 Å². The van der Waals surface area contributed by atoms with Crippen LogP contribution in [-0.2, 0) is 10.0 Å². The molecule has 1 aromatic heterocycles. The number of hydrogen-bond donors (Lipinski definition) is 0. The van der Waals surface area contributed by atoms with E-state index in [0.29, 0.717) is 40.6 Å². The lowest BCUT2D eigenvalue weighted by Gasteiger charge is -2.35. The number of nitrogens with zero attached hydrogens (tertiary/aromatic N) is 5. The van der Waals surface area contributed by atoms with Crippen molar-refractivity contribution in [2.45, 2.75) is 4.90 Å². The molecule has 0 spiro atoms. The molecule has 0 atom stereocenters. The average Bonchev–Trinajstić information content (AvgIpc) is 2.88. The zero-order valence-corrected chi connectivity index (χ0v) is 22.0. The van der Waals surface area contributed by atoms with E-state index in [4.69, 9.17) is 23.2 Å². The van der Waals surface area contributed by atoms with Gasteiger partial charge < -0.3 is 9.80 Å². The fourth-order valence-electron chi connectivity index (χ4n) is 3.99. The largest absolute Gasteiger partial charge is 0.353 e. The summed E-state index contributed by atoms with van der Waals surface area (Å²) >= 11 is 12.5. The number of benzene rings is 2. The molecular weight excluding hydrogens is 521 g/mol. The first-order valence-electron chi connectivity index (χ1n) is 11.0. The Bertz CT molecular complexity index is 1460. The van der Waals surface area contributed by atoms with Gasteiger partial charge in [0.15, 0.2) is 0 Å². The summed E-state index contributed by atoms with van der Waals surface area (Å²) in [4.78, 5) is 20.2. The number of nitriles is 1. The van der Waals surface area contributed by atoms with Crippen molar-refractivity contribution < 1.29 is 13.2 Å². The molecule has 0 radical (unpaired) electrons. The van der Waals surface area contributed by atoms with Crippen LogP contribution in [0.2, 0.25) is 10.0 Å². The summed E-state index contributed by atoms with van der Waals surface area (Å²) in [6, 6.07) is 15.4. The van der Waals surface area contributed by atoms with Gasteiger partial charge in [-0.15, -0.1) is 0 Å². The van der Waals surface area contributed by atoms with E-state index in [1.807, 2.05) is 4.90 Å². The van der Waals surface area contributed by atoms with E-state index < -0.39 is 10.0 Å². The van der Waals surface area contributed by atoms with Crippen molar-refractivity contribution in [1.29, 1.82) is 5.26 Å². The van der Waals surface area contributed by atoms with Gasteiger partial charge in [-0.2, -0.15) is 9.57 Å². The minimum atomic E-state index is -3.73. The average molecular weight is 544 g/mol. The van der Waals surface area contributed by atoms with Gasteiger partial charge in [-0.1, -0.05) is 41.4 Å². The predicted octanol–water partition coefficient (Wildman–Crippen LogP) is 4.14. The van der Waals surface area contributed by atoms with Gasteiger partial charge in [0.25, 0.3) is 5.91 Å². The number of sulfonamides is 1. The highest BCUT2D eigenvalue weighted by Crippen LogP contribution is 2.30. The highest BCUT2D eigenvalue weighted by Gasteiger charge is 2.31. The van der Waals surface area contributed by atoms with Crippen LogP contribution in [0.1, 0.15) is 15.9 Å². The molecule has 2 aromatic carbocycles. The molecule has 8 nitrogen and oxygen atoms in total. The summed E-state index contributed by atoms with van der Waals surface area (Å²) in [6.07, 6.45) is 1.64. The summed E-state index contributed by atoms with van der Waals surface area (Å²) in [5.74, 6) is 0.287. The Hall–Kier alpha value is -3.16. The third-order valence-corrected chi connectivity index (χ3v) is 8.63. The lowest BCUT2D eigenvalue weighted by molar-refractivity contribution is 0.0828. The van der Waals surface area contributed by atoms with Gasteiger partial charge in [0, 0.05) is 52.0 Å². The third kappa shape index (κ3) is 5.04. The predicted molar refractivity (Wildman–Crippen MR) is 140 cm³/mol. The highest BCUT2D eigenvalue weighted by atomic mass is 35.5. The van der Waals surface area contributed by atoms with E-state index in [9.17, 15) is 18.5 Å². The van der Waals surface area contributed by atoms with Crippen molar-refractivity contribution in [3.63, 3.8) is 0 Å². The first kappa shape index (κ1) is 25.9. The molecule has 36 heavy (non-hydrogen) atoms. The SMILES string of the molecule is CN(C)C(=O)c1ccc(-c2cnc(N3CCN(S(=O)(=O)c4ccccc4Cl)CC3)c(C#N)c2)cc1Cl. The summed E-state index contributed by atoms with van der Waals surface area (Å²) in [5, 5.41) is 10.3. The van der Waals surface area contributed by atoms with Crippen LogP contribution in [0.15, 0.2) is 59.6 Å². The molecule has 1 amide bonds. The zero-order chi connectivity index (χ0) is 26.0. The van der Waals surface area contributed by atoms with Gasteiger partial charge >= 0.3 is 0 Å². The van der Waals surface area contributed by atoms with Crippen molar-refractivity contribution in [1.82, 2.24) is 14.2 Å². The first-order valence-corrected chi connectivity index (χ1v) is 13.2. The van der Waals surface area contributed by atoms with Crippen LogP contribution in [0, 0.1) is 11.3 Å². The maximum Gasteiger partial charge on any atom is 0.254 e. The number of amides is 1.